The minimum absolute atomic E-state index is 0.238. The zero-order chi connectivity index (χ0) is 7.40. The van der Waals surface area contributed by atoms with Crippen LogP contribution in [-0.2, 0) is 17.6 Å². The van der Waals surface area contributed by atoms with Gasteiger partial charge in [-0.1, -0.05) is 0 Å². The molecule has 1 aromatic rings. The topological polar surface area (TPSA) is 55.1 Å². The van der Waals surface area contributed by atoms with Gasteiger partial charge in [-0.15, -0.1) is 0 Å². The molecule has 0 amide bonds. The molecule has 0 aliphatic carbocycles. The second-order valence-corrected chi connectivity index (χ2v) is 2.85. The molecule has 0 aromatic carbocycles. The average molecular weight is 160 g/mol. The Kier molecular flexibility index (Phi) is 2.58. The predicted molar refractivity (Wildman–Crippen MR) is 37.9 cm³/mol. The lowest BCUT2D eigenvalue weighted by molar-refractivity contribution is 0.552. The highest BCUT2D eigenvalue weighted by Crippen LogP contribution is 1.84. The van der Waals surface area contributed by atoms with Crippen LogP contribution in [0.15, 0.2) is 18.5 Å². The molecule has 1 unspecified atom stereocenters. The molecule has 10 heavy (non-hydrogen) atoms. The van der Waals surface area contributed by atoms with Crippen LogP contribution < -0.4 is 0 Å². The summed E-state index contributed by atoms with van der Waals surface area (Å²) < 4.78 is 20.2. The van der Waals surface area contributed by atoms with E-state index >= 15 is 0 Å². The Morgan fingerprint density at radius 3 is 3.00 bits per heavy atom. The van der Waals surface area contributed by atoms with Gasteiger partial charge in [0.1, 0.15) is 0 Å². The zero-order valence-corrected chi connectivity index (χ0v) is 6.12. The minimum atomic E-state index is -1.71. The normalized spacial score (nSPS) is 13.3. The third-order valence-electron chi connectivity index (χ3n) is 1.05. The monoisotopic (exact) mass is 160 g/mol. The van der Waals surface area contributed by atoms with Gasteiger partial charge in [0.2, 0.25) is 0 Å². The summed E-state index contributed by atoms with van der Waals surface area (Å²) in [6.45, 7) is 0.496. The molecular weight excluding hydrogens is 152 g/mol. The fourth-order valence-electron chi connectivity index (χ4n) is 0.604. The molecule has 5 heteroatoms. The largest absolute Gasteiger partial charge is 0.306 e. The van der Waals surface area contributed by atoms with Crippen molar-refractivity contribution in [1.29, 1.82) is 0 Å². The Bertz CT molecular complexity index is 209. The quantitative estimate of drug-likeness (QED) is 0.638. The van der Waals surface area contributed by atoms with Gasteiger partial charge in [-0.3, -0.25) is 4.68 Å². The minimum Gasteiger partial charge on any atom is -0.306 e. The fraction of sp³-hybridized carbons (Fsp3) is 0.400. The number of rotatable bonds is 3. The summed E-state index contributed by atoms with van der Waals surface area (Å²) in [7, 11) is 0. The summed E-state index contributed by atoms with van der Waals surface area (Å²) >= 11 is -1.71. The van der Waals surface area contributed by atoms with Crippen LogP contribution in [0.4, 0.5) is 0 Å². The van der Waals surface area contributed by atoms with Gasteiger partial charge < -0.3 is 4.55 Å². The first-order chi connectivity index (χ1) is 4.79. The molecule has 4 nitrogen and oxygen atoms in total. The fourth-order valence-corrected chi connectivity index (χ4v) is 0.948. The summed E-state index contributed by atoms with van der Waals surface area (Å²) in [6.07, 6.45) is 3.40. The van der Waals surface area contributed by atoms with Gasteiger partial charge >= 0.3 is 0 Å². The number of aryl methyl sites for hydroxylation is 1. The van der Waals surface area contributed by atoms with E-state index in [0.717, 1.165) is 0 Å². The van der Waals surface area contributed by atoms with Crippen LogP contribution in [0.25, 0.3) is 0 Å². The molecule has 1 atom stereocenters. The number of hydrogen-bond donors (Lipinski definition) is 1. The molecule has 0 saturated heterocycles. The zero-order valence-electron chi connectivity index (χ0n) is 5.30. The molecule has 0 radical (unpaired) electrons. The van der Waals surface area contributed by atoms with Gasteiger partial charge in [0.05, 0.1) is 12.3 Å². The van der Waals surface area contributed by atoms with Crippen molar-refractivity contribution in [3.8, 4) is 0 Å². The van der Waals surface area contributed by atoms with Crippen molar-refractivity contribution in [2.45, 2.75) is 6.54 Å². The SMILES string of the molecule is O=S(O)CCn1cccn1. The molecule has 0 aliphatic rings. The molecule has 1 heterocycles. The molecule has 1 rings (SSSR count). The smallest absolute Gasteiger partial charge is 0.154 e. The van der Waals surface area contributed by atoms with Gasteiger partial charge in [0.25, 0.3) is 0 Å². The van der Waals surface area contributed by atoms with Crippen LogP contribution in [0, 0.1) is 0 Å². The van der Waals surface area contributed by atoms with E-state index in [1.165, 1.54) is 0 Å². The van der Waals surface area contributed by atoms with Gasteiger partial charge in [-0.05, 0) is 6.07 Å². The maximum Gasteiger partial charge on any atom is 0.154 e. The highest BCUT2D eigenvalue weighted by molar-refractivity contribution is 7.79. The maximum atomic E-state index is 10.2. The van der Waals surface area contributed by atoms with Crippen molar-refractivity contribution < 1.29 is 8.76 Å². The van der Waals surface area contributed by atoms with Gasteiger partial charge in [0.15, 0.2) is 11.1 Å². The van der Waals surface area contributed by atoms with Gasteiger partial charge in [0, 0.05) is 12.4 Å². The Morgan fingerprint density at radius 2 is 2.50 bits per heavy atom. The van der Waals surface area contributed by atoms with E-state index in [1.54, 1.807) is 23.1 Å². The number of aromatic nitrogens is 2. The van der Waals surface area contributed by atoms with Crippen molar-refractivity contribution in [2.75, 3.05) is 5.75 Å². The van der Waals surface area contributed by atoms with Crippen LogP contribution in [-0.4, -0.2) is 24.3 Å². The maximum absolute atomic E-state index is 10.2. The molecule has 0 aliphatic heterocycles. The van der Waals surface area contributed by atoms with Crippen molar-refractivity contribution in [3.63, 3.8) is 0 Å². The van der Waals surface area contributed by atoms with E-state index in [9.17, 15) is 4.21 Å². The highest BCUT2D eigenvalue weighted by atomic mass is 32.2. The van der Waals surface area contributed by atoms with Crippen molar-refractivity contribution >= 4 is 11.1 Å². The van der Waals surface area contributed by atoms with Crippen molar-refractivity contribution in [3.05, 3.63) is 18.5 Å². The van der Waals surface area contributed by atoms with E-state index in [1.807, 2.05) is 0 Å². The summed E-state index contributed by atoms with van der Waals surface area (Å²) in [4.78, 5) is 0. The van der Waals surface area contributed by atoms with Crippen molar-refractivity contribution in [1.82, 2.24) is 9.78 Å². The molecule has 0 saturated carbocycles. The first-order valence-corrected chi connectivity index (χ1v) is 4.11. The van der Waals surface area contributed by atoms with E-state index in [-0.39, 0.29) is 5.75 Å². The lowest BCUT2D eigenvalue weighted by Crippen LogP contribution is -2.06. The van der Waals surface area contributed by atoms with E-state index in [0.29, 0.717) is 6.54 Å². The van der Waals surface area contributed by atoms with E-state index in [2.05, 4.69) is 5.10 Å². The molecule has 0 fully saturated rings. The third-order valence-corrected chi connectivity index (χ3v) is 1.59. The Morgan fingerprint density at radius 1 is 1.70 bits per heavy atom. The third kappa shape index (κ3) is 2.28. The van der Waals surface area contributed by atoms with E-state index in [4.69, 9.17) is 4.55 Å². The summed E-state index contributed by atoms with van der Waals surface area (Å²) in [6, 6.07) is 1.78. The highest BCUT2D eigenvalue weighted by Gasteiger charge is 1.93. The molecule has 1 aromatic heterocycles. The number of nitrogens with zero attached hydrogens (tertiary/aromatic N) is 2. The lowest BCUT2D eigenvalue weighted by atomic mass is 10.7. The van der Waals surface area contributed by atoms with Crippen LogP contribution in [0.2, 0.25) is 0 Å². The van der Waals surface area contributed by atoms with Crippen LogP contribution in [0.1, 0.15) is 0 Å². The average Bonchev–Trinajstić information content (AvgIpc) is 2.34. The Hall–Kier alpha value is -0.680. The lowest BCUT2D eigenvalue weighted by Gasteiger charge is -1.95. The Balaban J connectivity index is 2.35. The first kappa shape index (κ1) is 7.43. The van der Waals surface area contributed by atoms with Gasteiger partial charge in [-0.25, -0.2) is 4.21 Å². The molecular formula is C5H8N2O2S. The summed E-state index contributed by atoms with van der Waals surface area (Å²) in [5, 5.41) is 3.86. The Labute approximate surface area is 61.1 Å². The van der Waals surface area contributed by atoms with Crippen LogP contribution in [0.5, 0.6) is 0 Å². The summed E-state index contributed by atoms with van der Waals surface area (Å²) in [5.74, 6) is 0.238. The van der Waals surface area contributed by atoms with Gasteiger partial charge in [-0.2, -0.15) is 5.10 Å². The molecule has 1 N–H and O–H groups in total. The predicted octanol–water partition coefficient (Wildman–Crippen LogP) is 0.105. The number of hydrogen-bond acceptors (Lipinski definition) is 2. The van der Waals surface area contributed by atoms with Crippen molar-refractivity contribution in [2.24, 2.45) is 0 Å². The van der Waals surface area contributed by atoms with Crippen LogP contribution >= 0.6 is 0 Å². The first-order valence-electron chi connectivity index (χ1n) is 2.84. The van der Waals surface area contributed by atoms with Crippen LogP contribution in [0.3, 0.4) is 0 Å². The second-order valence-electron chi connectivity index (χ2n) is 1.79. The second kappa shape index (κ2) is 3.48. The van der Waals surface area contributed by atoms with E-state index < -0.39 is 11.1 Å². The molecule has 0 spiro atoms. The molecule has 0 bridgehead atoms. The standard InChI is InChI=1S/C5H8N2O2S/c8-10(9)5-4-7-3-1-2-6-7/h1-3H,4-5H2,(H,8,9). The summed E-state index contributed by atoms with van der Waals surface area (Å²) in [5.41, 5.74) is 0. The molecule has 56 valence electrons.